The number of thiol groups is 1. The summed E-state index contributed by atoms with van der Waals surface area (Å²) in [6.45, 7) is -7.53. The third-order valence-corrected chi connectivity index (χ3v) is 9.72. The van der Waals surface area contributed by atoms with Gasteiger partial charge in [0.2, 0.25) is 0 Å². The van der Waals surface area contributed by atoms with Gasteiger partial charge in [0.15, 0.2) is 12.5 Å². The summed E-state index contributed by atoms with van der Waals surface area (Å²) in [6, 6.07) is -0.347. The number of halogens is 1. The van der Waals surface area contributed by atoms with E-state index in [0.29, 0.717) is 0 Å². The molecule has 2 aliphatic heterocycles. The Hall–Kier alpha value is -1.10. The van der Waals surface area contributed by atoms with Crippen molar-refractivity contribution in [2.75, 3.05) is 27.3 Å². The van der Waals surface area contributed by atoms with Crippen molar-refractivity contribution in [3.63, 3.8) is 0 Å². The van der Waals surface area contributed by atoms with Crippen LogP contribution in [0.2, 0.25) is 0 Å². The van der Waals surface area contributed by atoms with E-state index in [4.69, 9.17) is 19.1 Å². The number of aliphatic hydroxyl groups is 6. The van der Waals surface area contributed by atoms with Crippen LogP contribution in [0.4, 0.5) is 4.39 Å². The molecule has 0 aromatic carbocycles. The fraction of sp³-hybridized carbons (Fsp3) is 0.778. The molecule has 0 bridgehead atoms. The fourth-order valence-electron chi connectivity index (χ4n) is 4.11. The summed E-state index contributed by atoms with van der Waals surface area (Å²) in [5.41, 5.74) is -1.77. The van der Waals surface area contributed by atoms with Crippen LogP contribution in [0.15, 0.2) is 21.9 Å². The second-order valence-corrected chi connectivity index (χ2v) is 13.8. The van der Waals surface area contributed by atoms with Crippen LogP contribution < -0.4 is 11.2 Å². The Morgan fingerprint density at radius 3 is 2.41 bits per heavy atom. The lowest BCUT2D eigenvalue weighted by Gasteiger charge is -2.41. The van der Waals surface area contributed by atoms with Gasteiger partial charge in [0.25, 0.3) is 11.4 Å². The van der Waals surface area contributed by atoms with Crippen molar-refractivity contribution in [1.82, 2.24) is 14.5 Å². The van der Waals surface area contributed by atoms with Crippen molar-refractivity contribution in [3.8, 4) is 0 Å². The highest BCUT2D eigenvalue weighted by atomic mass is 32.7. The van der Waals surface area contributed by atoms with Crippen LogP contribution in [-0.4, -0.2) is 132 Å². The van der Waals surface area contributed by atoms with Gasteiger partial charge >= 0.3 is 20.3 Å². The van der Waals surface area contributed by atoms with E-state index < -0.39 is 100 Å². The SMILES string of the molecule is CN(C)[C@H]1[C@H](n2ccc(=O)[nH]c2=O)O[C@](F)(COP(=O)(S)OP(=O)(O)OC2OC([C@@H](O)CO)C(O)C(O)C2O)[C@H]1O. The first kappa shape index (κ1) is 34.4. The molecule has 0 spiro atoms. The largest absolute Gasteiger partial charge is 0.482 e. The fourth-order valence-corrected chi connectivity index (χ4v) is 7.28. The lowest BCUT2D eigenvalue weighted by Crippen LogP contribution is -2.61. The van der Waals surface area contributed by atoms with Crippen LogP contribution in [-0.2, 0) is 32.0 Å². The van der Waals surface area contributed by atoms with E-state index in [-0.39, 0.29) is 0 Å². The number of alkyl halides is 1. The van der Waals surface area contributed by atoms with Gasteiger partial charge in [-0.25, -0.2) is 18.3 Å². The van der Waals surface area contributed by atoms with Crippen molar-refractivity contribution >= 4 is 26.9 Å². The van der Waals surface area contributed by atoms with Gasteiger partial charge in [-0.2, -0.15) is 4.31 Å². The lowest BCUT2D eigenvalue weighted by atomic mass is 9.96. The zero-order chi connectivity index (χ0) is 31.1. The number of nitrogens with zero attached hydrogens (tertiary/aromatic N) is 2. The monoisotopic (exact) mass is 657 g/mol. The highest BCUT2D eigenvalue weighted by molar-refractivity contribution is 8.45. The molecule has 3 rings (SSSR count). The Labute approximate surface area is 234 Å². The number of aliphatic hydroxyl groups excluding tert-OH is 6. The molecule has 0 radical (unpaired) electrons. The number of aromatic nitrogens is 2. The van der Waals surface area contributed by atoms with Crippen LogP contribution in [0.25, 0.3) is 0 Å². The molecule has 236 valence electrons. The van der Waals surface area contributed by atoms with Gasteiger partial charge in [-0.1, -0.05) is 12.2 Å². The maximum atomic E-state index is 15.7. The number of hydrogen-bond donors (Lipinski definition) is 9. The smallest absolute Gasteiger partial charge is 0.394 e. The Morgan fingerprint density at radius 1 is 1.22 bits per heavy atom. The Bertz CT molecular complexity index is 1290. The highest BCUT2D eigenvalue weighted by Crippen LogP contribution is 2.66. The first-order valence-corrected chi connectivity index (χ1v) is 15.7. The third-order valence-electron chi connectivity index (χ3n) is 6.14. The Kier molecular flexibility index (Phi) is 10.8. The van der Waals surface area contributed by atoms with E-state index in [1.165, 1.54) is 19.0 Å². The first-order valence-electron chi connectivity index (χ1n) is 11.5. The molecule has 0 saturated carbocycles. The van der Waals surface area contributed by atoms with Crippen LogP contribution in [0.5, 0.6) is 0 Å². The van der Waals surface area contributed by atoms with Gasteiger partial charge in [-0.05, 0) is 14.1 Å². The molecule has 0 amide bonds. The Balaban J connectivity index is 1.72. The molecule has 7 unspecified atom stereocenters. The standard InChI is InChI=1S/C18H30FN3O16P2S/c1-21(2)9-14(29)18(19,36-15(9)22-4-3-8(25)20-17(22)30)6-34-40(33,41)38-39(31,32)37-16-12(28)10(26)11(27)13(35-16)7(24)5-23/h3-4,7,9-16,23-24,26-29H,5-6H2,1-2H3,(H,31,32)(H,33,41)(H,20,25,30)/t7-,9+,10?,11?,12?,13?,14-,15+,16?,18+,40?/m0/s1. The topological polar surface area (TPSA) is 280 Å². The number of hydrogen-bond acceptors (Lipinski definition) is 16. The molecular formula is C18H30FN3O16P2S. The summed E-state index contributed by atoms with van der Waals surface area (Å²) in [7, 11) is -2.82. The molecule has 8 N–H and O–H groups in total. The maximum absolute atomic E-state index is 15.7. The summed E-state index contributed by atoms with van der Waals surface area (Å²) < 4.78 is 65.4. The zero-order valence-electron chi connectivity index (χ0n) is 21.2. The molecule has 1 aromatic rings. The maximum Gasteiger partial charge on any atom is 0.482 e. The number of likely N-dealkylation sites (N-methyl/N-ethyl adjacent to an activating group) is 1. The summed E-state index contributed by atoms with van der Waals surface area (Å²) in [4.78, 5) is 36.9. The van der Waals surface area contributed by atoms with E-state index in [2.05, 4.69) is 21.1 Å². The zero-order valence-corrected chi connectivity index (χ0v) is 23.9. The van der Waals surface area contributed by atoms with E-state index in [9.17, 15) is 49.1 Å². The summed E-state index contributed by atoms with van der Waals surface area (Å²) in [5, 5.41) is 59.3. The van der Waals surface area contributed by atoms with Crippen LogP contribution in [0.3, 0.4) is 0 Å². The molecule has 2 fully saturated rings. The number of phosphoric acid groups is 1. The van der Waals surface area contributed by atoms with Crippen molar-refractivity contribution in [3.05, 3.63) is 33.1 Å². The second-order valence-electron chi connectivity index (χ2n) is 9.30. The predicted molar refractivity (Wildman–Crippen MR) is 133 cm³/mol. The Morgan fingerprint density at radius 2 is 1.85 bits per heavy atom. The first-order chi connectivity index (χ1) is 18.8. The molecule has 2 aliphatic rings. The minimum absolute atomic E-state index is 0.762. The summed E-state index contributed by atoms with van der Waals surface area (Å²) in [6.07, 6.45) is -14.9. The lowest BCUT2D eigenvalue weighted by molar-refractivity contribution is -0.292. The number of nitrogens with one attached hydrogen (secondary N) is 1. The average molecular weight is 657 g/mol. The van der Waals surface area contributed by atoms with Gasteiger partial charge in [-0.15, -0.1) is 0 Å². The third kappa shape index (κ3) is 7.71. The quantitative estimate of drug-likeness (QED) is 0.0820. The molecule has 19 nitrogen and oxygen atoms in total. The van der Waals surface area contributed by atoms with Crippen molar-refractivity contribution in [2.24, 2.45) is 0 Å². The van der Waals surface area contributed by atoms with Gasteiger partial charge in [-0.3, -0.25) is 28.3 Å². The predicted octanol–water partition coefficient (Wildman–Crippen LogP) is -3.63. The molecular weight excluding hydrogens is 627 g/mol. The normalized spacial score (nSPS) is 38.0. The number of H-pyrrole nitrogens is 1. The number of phosphoric ester groups is 1. The minimum atomic E-state index is -5.63. The van der Waals surface area contributed by atoms with Crippen LogP contribution in [0.1, 0.15) is 6.23 Å². The number of rotatable bonds is 11. The van der Waals surface area contributed by atoms with E-state index >= 15 is 4.39 Å². The van der Waals surface area contributed by atoms with Crippen LogP contribution >= 0.6 is 26.9 Å². The van der Waals surface area contributed by atoms with Crippen molar-refractivity contribution in [2.45, 2.75) is 61.0 Å². The molecule has 12 atom stereocenters. The molecule has 23 heteroatoms. The van der Waals surface area contributed by atoms with Crippen molar-refractivity contribution < 1.29 is 71.9 Å². The van der Waals surface area contributed by atoms with Gasteiger partial charge in [0.05, 0.1) is 12.6 Å². The average Bonchev–Trinajstić information content (AvgIpc) is 3.12. The van der Waals surface area contributed by atoms with Gasteiger partial charge in [0, 0.05) is 12.3 Å². The number of ether oxygens (including phenoxy) is 2. The minimum Gasteiger partial charge on any atom is -0.394 e. The summed E-state index contributed by atoms with van der Waals surface area (Å²) >= 11 is 3.46. The second kappa shape index (κ2) is 12.9. The molecule has 2 saturated heterocycles. The van der Waals surface area contributed by atoms with Gasteiger partial charge in [0.1, 0.15) is 43.2 Å². The van der Waals surface area contributed by atoms with E-state index in [1.807, 2.05) is 4.98 Å². The van der Waals surface area contributed by atoms with Crippen molar-refractivity contribution in [1.29, 1.82) is 0 Å². The molecule has 41 heavy (non-hydrogen) atoms. The van der Waals surface area contributed by atoms with Crippen LogP contribution in [0, 0.1) is 0 Å². The van der Waals surface area contributed by atoms with Gasteiger partial charge < -0.3 is 45.0 Å². The molecule has 0 aliphatic carbocycles. The summed E-state index contributed by atoms with van der Waals surface area (Å²) in [5.74, 6) is -3.23. The van der Waals surface area contributed by atoms with E-state index in [1.54, 1.807) is 0 Å². The molecule has 1 aromatic heterocycles. The van der Waals surface area contributed by atoms with E-state index in [0.717, 1.165) is 16.8 Å². The highest BCUT2D eigenvalue weighted by Gasteiger charge is 2.58. The molecule has 3 heterocycles. The number of aromatic amines is 1.